The van der Waals surface area contributed by atoms with E-state index in [-0.39, 0.29) is 0 Å². The quantitative estimate of drug-likeness (QED) is 0.527. The van der Waals surface area contributed by atoms with Gasteiger partial charge >= 0.3 is 0 Å². The summed E-state index contributed by atoms with van der Waals surface area (Å²) in [6.45, 7) is 7.04. The maximum Gasteiger partial charge on any atom is 0.254 e. The van der Waals surface area contributed by atoms with Crippen LogP contribution in [0.5, 0.6) is 0 Å². The summed E-state index contributed by atoms with van der Waals surface area (Å²) in [4.78, 5) is 10.9. The number of thiazole rings is 1. The third kappa shape index (κ3) is 3.15. The van der Waals surface area contributed by atoms with Crippen molar-refractivity contribution in [2.45, 2.75) is 39.3 Å². The number of hydrogen-bond donors (Lipinski definition) is 1. The van der Waals surface area contributed by atoms with E-state index in [1.807, 2.05) is 33.4 Å². The fraction of sp³-hybridized carbons (Fsp3) is 0.400. The molecule has 0 spiro atoms. The molecule has 0 amide bonds. The third-order valence-electron chi connectivity index (χ3n) is 5.52. The van der Waals surface area contributed by atoms with E-state index in [2.05, 4.69) is 36.2 Å². The molecular formula is C20H23N6S2+. The average molecular weight is 412 g/mol. The van der Waals surface area contributed by atoms with Crippen molar-refractivity contribution in [3.63, 3.8) is 0 Å². The number of hydrogen-bond acceptors (Lipinski definition) is 5. The van der Waals surface area contributed by atoms with Crippen molar-refractivity contribution >= 4 is 39.5 Å². The number of likely N-dealkylation sites (tertiary alicyclic amines) is 1. The largest absolute Gasteiger partial charge is 0.316 e. The third-order valence-corrected chi connectivity index (χ3v) is 7.11. The Morgan fingerprint density at radius 1 is 1.25 bits per heavy atom. The molecule has 144 valence electrons. The molecule has 1 unspecified atom stereocenters. The van der Waals surface area contributed by atoms with Crippen LogP contribution in [-0.2, 0) is 6.67 Å². The Balaban J connectivity index is 1.40. The molecule has 8 heteroatoms. The number of nitrogens with one attached hydrogen (secondary N) is 1. The van der Waals surface area contributed by atoms with Gasteiger partial charge in [-0.05, 0) is 57.1 Å². The summed E-state index contributed by atoms with van der Waals surface area (Å²) in [5.41, 5.74) is 3.17. The highest BCUT2D eigenvalue weighted by Crippen LogP contribution is 2.30. The second kappa shape index (κ2) is 7.02. The lowest BCUT2D eigenvalue weighted by molar-refractivity contribution is -0.929. The van der Waals surface area contributed by atoms with Crippen molar-refractivity contribution < 1.29 is 4.90 Å². The van der Waals surface area contributed by atoms with E-state index in [9.17, 15) is 0 Å². The number of nitrogens with zero attached hydrogens (tertiary/aromatic N) is 5. The van der Waals surface area contributed by atoms with Gasteiger partial charge in [0, 0.05) is 11.4 Å². The number of quaternary nitrogens is 1. The summed E-state index contributed by atoms with van der Waals surface area (Å²) in [6.07, 6.45) is 2.41. The number of fused-ring (bicyclic) bond motifs is 2. The molecule has 4 heterocycles. The van der Waals surface area contributed by atoms with Crippen LogP contribution in [0, 0.1) is 18.6 Å². The van der Waals surface area contributed by atoms with Gasteiger partial charge in [-0.1, -0.05) is 12.1 Å². The number of aryl methyl sites for hydroxylation is 2. The minimum atomic E-state index is 0.509. The lowest BCUT2D eigenvalue weighted by Crippen LogP contribution is -3.12. The van der Waals surface area contributed by atoms with Gasteiger partial charge in [0.15, 0.2) is 6.67 Å². The van der Waals surface area contributed by atoms with Gasteiger partial charge in [0.05, 0.1) is 29.2 Å². The van der Waals surface area contributed by atoms with Crippen LogP contribution in [0.1, 0.15) is 35.2 Å². The van der Waals surface area contributed by atoms with Gasteiger partial charge < -0.3 is 4.90 Å². The van der Waals surface area contributed by atoms with Crippen molar-refractivity contribution in [1.29, 1.82) is 0 Å². The zero-order valence-electron chi connectivity index (χ0n) is 16.1. The van der Waals surface area contributed by atoms with E-state index in [0.717, 1.165) is 41.4 Å². The molecule has 0 radical (unpaired) electrons. The summed E-state index contributed by atoms with van der Waals surface area (Å²) in [6, 6.07) is 10.5. The number of para-hydroxylation sites is 1. The summed E-state index contributed by atoms with van der Waals surface area (Å²) in [7, 11) is 0. The molecule has 5 rings (SSSR count). The number of piperidine rings is 1. The van der Waals surface area contributed by atoms with Crippen molar-refractivity contribution in [2.75, 3.05) is 13.1 Å². The molecule has 1 aromatic carbocycles. The lowest BCUT2D eigenvalue weighted by Gasteiger charge is -2.28. The first-order chi connectivity index (χ1) is 13.6. The molecule has 1 fully saturated rings. The van der Waals surface area contributed by atoms with E-state index in [1.54, 1.807) is 0 Å². The molecule has 1 saturated heterocycles. The Kier molecular flexibility index (Phi) is 4.49. The van der Waals surface area contributed by atoms with E-state index in [1.165, 1.54) is 27.4 Å². The second-order valence-corrected chi connectivity index (χ2v) is 9.11. The molecule has 1 N–H and O–H groups in total. The van der Waals surface area contributed by atoms with Crippen molar-refractivity contribution in [3.05, 3.63) is 51.5 Å². The lowest BCUT2D eigenvalue weighted by atomic mass is 9.99. The molecule has 28 heavy (non-hydrogen) atoms. The predicted octanol–water partition coefficient (Wildman–Crippen LogP) is 2.91. The van der Waals surface area contributed by atoms with E-state index >= 15 is 0 Å². The van der Waals surface area contributed by atoms with Gasteiger partial charge in [0.1, 0.15) is 5.01 Å². The number of benzene rings is 1. The van der Waals surface area contributed by atoms with Crippen LogP contribution in [0.3, 0.4) is 0 Å². The molecule has 3 aromatic heterocycles. The zero-order chi connectivity index (χ0) is 19.3. The monoisotopic (exact) mass is 411 g/mol. The first-order valence-electron chi connectivity index (χ1n) is 9.71. The molecule has 0 saturated carbocycles. The topological polar surface area (TPSA) is 52.5 Å². The van der Waals surface area contributed by atoms with Crippen molar-refractivity contribution in [1.82, 2.24) is 24.1 Å². The smallest absolute Gasteiger partial charge is 0.254 e. The first-order valence-corrected chi connectivity index (χ1v) is 10.9. The maximum absolute atomic E-state index is 5.69. The van der Waals surface area contributed by atoms with Crippen molar-refractivity contribution in [2.24, 2.45) is 0 Å². The van der Waals surface area contributed by atoms with Crippen LogP contribution < -0.4 is 4.90 Å². The number of aromatic nitrogens is 5. The fourth-order valence-corrected chi connectivity index (χ4v) is 5.65. The molecule has 6 nitrogen and oxygen atoms in total. The normalized spacial score (nSPS) is 20.2. The molecule has 2 atom stereocenters. The second-order valence-electron chi connectivity index (χ2n) is 7.68. The van der Waals surface area contributed by atoms with Crippen LogP contribution in [0.4, 0.5) is 0 Å². The molecule has 0 aliphatic carbocycles. The highest BCUT2D eigenvalue weighted by molar-refractivity contribution is 7.71. The highest BCUT2D eigenvalue weighted by Gasteiger charge is 2.27. The first kappa shape index (κ1) is 17.9. The molecular weight excluding hydrogens is 388 g/mol. The van der Waals surface area contributed by atoms with Crippen LogP contribution in [0.25, 0.3) is 16.0 Å². The summed E-state index contributed by atoms with van der Waals surface area (Å²) < 4.78 is 5.93. The van der Waals surface area contributed by atoms with E-state index in [4.69, 9.17) is 22.3 Å². The minimum Gasteiger partial charge on any atom is -0.316 e. The average Bonchev–Trinajstić information content (AvgIpc) is 3.23. The standard InChI is InChI=1S/C20H22N6S2/c1-13-10-14(2)26-19(21-13)23-25(20(26)27)12-24-9-5-6-15(11-24)18-22-16-7-3-4-8-17(16)28-18/h3-4,7-8,10,15H,5-6,9,11-12H2,1-2H3/p+1/t15-/m1/s1. The molecule has 4 aromatic rings. The van der Waals surface area contributed by atoms with E-state index in [0.29, 0.717) is 11.7 Å². The Morgan fingerprint density at radius 3 is 2.96 bits per heavy atom. The van der Waals surface area contributed by atoms with Crippen LogP contribution in [0.15, 0.2) is 30.3 Å². The van der Waals surface area contributed by atoms with Crippen LogP contribution >= 0.6 is 23.6 Å². The molecule has 0 bridgehead atoms. The Morgan fingerprint density at radius 2 is 2.11 bits per heavy atom. The SMILES string of the molecule is Cc1cc(C)n2c(=S)n(C[NH+]3CCC[C@@H](c4nc5ccccc5s4)C3)nc2n1. The summed E-state index contributed by atoms with van der Waals surface area (Å²) in [5, 5.41) is 5.96. The van der Waals surface area contributed by atoms with Gasteiger partial charge in [-0.15, -0.1) is 16.4 Å². The number of rotatable bonds is 3. The summed E-state index contributed by atoms with van der Waals surface area (Å²) in [5.74, 6) is 1.20. The van der Waals surface area contributed by atoms with Crippen LogP contribution in [-0.4, -0.2) is 37.2 Å². The summed E-state index contributed by atoms with van der Waals surface area (Å²) >= 11 is 7.53. The Labute approximate surface area is 172 Å². The van der Waals surface area contributed by atoms with Gasteiger partial charge in [-0.2, -0.15) is 4.68 Å². The Bertz CT molecular complexity index is 1190. The predicted molar refractivity (Wildman–Crippen MR) is 114 cm³/mol. The van der Waals surface area contributed by atoms with Gasteiger partial charge in [0.25, 0.3) is 5.78 Å². The Hall–Kier alpha value is -2.16. The van der Waals surface area contributed by atoms with Gasteiger partial charge in [-0.3, -0.25) is 4.40 Å². The zero-order valence-corrected chi connectivity index (χ0v) is 17.7. The van der Waals surface area contributed by atoms with Gasteiger partial charge in [0.2, 0.25) is 4.77 Å². The van der Waals surface area contributed by atoms with Gasteiger partial charge in [-0.25, -0.2) is 9.97 Å². The van der Waals surface area contributed by atoms with Crippen molar-refractivity contribution in [3.8, 4) is 0 Å². The minimum absolute atomic E-state index is 0.509. The fourth-order valence-electron chi connectivity index (χ4n) is 4.22. The molecule has 1 aliphatic heterocycles. The highest BCUT2D eigenvalue weighted by atomic mass is 32.1. The van der Waals surface area contributed by atoms with Crippen LogP contribution in [0.2, 0.25) is 0 Å². The molecule has 1 aliphatic rings. The maximum atomic E-state index is 5.69. The van der Waals surface area contributed by atoms with E-state index < -0.39 is 0 Å².